The van der Waals surface area contributed by atoms with E-state index in [-0.39, 0.29) is 38.6 Å². The smallest absolute Gasteiger partial charge is 0.462 e. The highest BCUT2D eigenvalue weighted by atomic mass is 31.2. The number of phosphoric ester groups is 1. The number of carbonyl (C=O) groups is 2. The van der Waals surface area contributed by atoms with Gasteiger partial charge in [0.2, 0.25) is 0 Å². The average Bonchev–Trinajstić information content (AvgIpc) is 3.20. The van der Waals surface area contributed by atoms with Crippen LogP contribution in [0.1, 0.15) is 245 Å². The van der Waals surface area contributed by atoms with Gasteiger partial charge in [0.1, 0.15) is 6.61 Å². The van der Waals surface area contributed by atoms with Crippen molar-refractivity contribution in [1.29, 1.82) is 0 Å². The first-order valence-electron chi connectivity index (χ1n) is 24.2. The summed E-state index contributed by atoms with van der Waals surface area (Å²) < 4.78 is 32.9. The van der Waals surface area contributed by atoms with Crippen molar-refractivity contribution in [3.8, 4) is 0 Å². The lowest BCUT2D eigenvalue weighted by molar-refractivity contribution is -0.161. The highest BCUT2D eigenvalue weighted by Crippen LogP contribution is 2.43. The largest absolute Gasteiger partial charge is 0.472 e. The van der Waals surface area contributed by atoms with E-state index in [2.05, 4.69) is 26.0 Å². The molecule has 10 heteroatoms. The molecule has 0 saturated heterocycles. The minimum atomic E-state index is -4.38. The molecule has 0 aliphatic carbocycles. The van der Waals surface area contributed by atoms with E-state index in [9.17, 15) is 19.0 Å². The van der Waals surface area contributed by atoms with Crippen LogP contribution in [0.15, 0.2) is 12.2 Å². The van der Waals surface area contributed by atoms with Crippen molar-refractivity contribution in [3.05, 3.63) is 12.2 Å². The molecule has 0 heterocycles. The molecule has 9 nitrogen and oxygen atoms in total. The normalized spacial score (nSPS) is 13.3. The fourth-order valence-electron chi connectivity index (χ4n) is 7.04. The quantitative estimate of drug-likeness (QED) is 0.0266. The number of unbranched alkanes of at least 4 members (excludes halogenated alkanes) is 31. The van der Waals surface area contributed by atoms with Gasteiger partial charge >= 0.3 is 19.8 Å². The zero-order valence-corrected chi connectivity index (χ0v) is 38.2. The van der Waals surface area contributed by atoms with Crippen LogP contribution in [0.2, 0.25) is 0 Å². The molecule has 0 aliphatic rings. The van der Waals surface area contributed by atoms with E-state index < -0.39 is 26.5 Å². The van der Waals surface area contributed by atoms with Crippen LogP contribution in [0.25, 0.3) is 0 Å². The van der Waals surface area contributed by atoms with Gasteiger partial charge in [-0.1, -0.05) is 206 Å². The molecule has 0 bridgehead atoms. The number of rotatable bonds is 46. The van der Waals surface area contributed by atoms with Crippen molar-refractivity contribution in [2.75, 3.05) is 26.4 Å². The summed E-state index contributed by atoms with van der Waals surface area (Å²) in [5.74, 6) is -0.819. The van der Waals surface area contributed by atoms with Crippen LogP contribution < -0.4 is 5.73 Å². The zero-order chi connectivity index (χ0) is 41.8. The van der Waals surface area contributed by atoms with Gasteiger partial charge in [-0.3, -0.25) is 18.6 Å². The van der Waals surface area contributed by atoms with Gasteiger partial charge in [-0.15, -0.1) is 0 Å². The van der Waals surface area contributed by atoms with Crippen molar-refractivity contribution < 1.29 is 37.6 Å². The van der Waals surface area contributed by atoms with Crippen LogP contribution in [-0.2, 0) is 32.7 Å². The molecule has 57 heavy (non-hydrogen) atoms. The van der Waals surface area contributed by atoms with Gasteiger partial charge in [-0.2, -0.15) is 0 Å². The van der Waals surface area contributed by atoms with Gasteiger partial charge in [0.05, 0.1) is 13.2 Å². The SMILES string of the molecule is CCCCCCCCCC/C=C\CCCCCCCCCC(=O)O[C@H](COC(=O)CCCCCCCCCCCCCCCCCCC)COP(=O)(O)OCCN. The van der Waals surface area contributed by atoms with Gasteiger partial charge in [-0.25, -0.2) is 4.57 Å². The van der Waals surface area contributed by atoms with E-state index in [0.29, 0.717) is 6.42 Å². The Morgan fingerprint density at radius 1 is 0.509 bits per heavy atom. The molecular weight excluding hydrogens is 737 g/mol. The molecule has 0 aromatic rings. The molecule has 0 fully saturated rings. The lowest BCUT2D eigenvalue weighted by Gasteiger charge is -2.19. The summed E-state index contributed by atoms with van der Waals surface area (Å²) in [6.07, 6.45) is 46.7. The predicted octanol–water partition coefficient (Wildman–Crippen LogP) is 14.2. The Morgan fingerprint density at radius 3 is 1.25 bits per heavy atom. The summed E-state index contributed by atoms with van der Waals surface area (Å²) >= 11 is 0. The van der Waals surface area contributed by atoms with Crippen molar-refractivity contribution in [2.24, 2.45) is 5.73 Å². The second kappa shape index (κ2) is 44.3. The molecule has 338 valence electrons. The molecule has 0 spiro atoms. The molecule has 0 amide bonds. The summed E-state index contributed by atoms with van der Waals surface area (Å²) in [5, 5.41) is 0. The van der Waals surface area contributed by atoms with Crippen LogP contribution in [0.3, 0.4) is 0 Å². The van der Waals surface area contributed by atoms with Crippen molar-refractivity contribution >= 4 is 19.8 Å². The minimum Gasteiger partial charge on any atom is -0.462 e. The predicted molar refractivity (Wildman–Crippen MR) is 238 cm³/mol. The third kappa shape index (κ3) is 44.1. The Bertz CT molecular complexity index is 948. The van der Waals surface area contributed by atoms with Gasteiger partial charge in [0.25, 0.3) is 0 Å². The van der Waals surface area contributed by atoms with Gasteiger partial charge in [-0.05, 0) is 38.5 Å². The first-order chi connectivity index (χ1) is 27.8. The average molecular weight is 830 g/mol. The Hall–Kier alpha value is -1.25. The van der Waals surface area contributed by atoms with E-state index in [1.54, 1.807) is 0 Å². The number of hydrogen-bond acceptors (Lipinski definition) is 8. The zero-order valence-electron chi connectivity index (χ0n) is 37.3. The molecular formula is C47H92NO8P. The lowest BCUT2D eigenvalue weighted by atomic mass is 10.0. The van der Waals surface area contributed by atoms with E-state index in [4.69, 9.17) is 24.3 Å². The third-order valence-corrected chi connectivity index (χ3v) is 11.6. The molecule has 0 aromatic carbocycles. The fraction of sp³-hybridized carbons (Fsp3) is 0.915. The van der Waals surface area contributed by atoms with Crippen molar-refractivity contribution in [3.63, 3.8) is 0 Å². The Labute approximate surface area is 351 Å². The fourth-order valence-corrected chi connectivity index (χ4v) is 7.81. The molecule has 0 saturated carbocycles. The number of phosphoric acid groups is 1. The number of hydrogen-bond donors (Lipinski definition) is 2. The molecule has 2 atom stereocenters. The van der Waals surface area contributed by atoms with Gasteiger partial charge in [0.15, 0.2) is 6.10 Å². The second-order valence-corrected chi connectivity index (χ2v) is 17.8. The molecule has 0 aromatic heterocycles. The maximum atomic E-state index is 12.6. The van der Waals surface area contributed by atoms with Crippen molar-refractivity contribution in [1.82, 2.24) is 0 Å². The van der Waals surface area contributed by atoms with E-state index in [0.717, 1.165) is 44.9 Å². The Morgan fingerprint density at radius 2 is 0.860 bits per heavy atom. The molecule has 0 aliphatic heterocycles. The van der Waals surface area contributed by atoms with E-state index in [1.807, 2.05) is 0 Å². The number of nitrogens with two attached hydrogens (primary N) is 1. The summed E-state index contributed by atoms with van der Waals surface area (Å²) in [6.45, 7) is 3.77. The Balaban J connectivity index is 4.06. The highest BCUT2D eigenvalue weighted by molar-refractivity contribution is 7.47. The summed E-state index contributed by atoms with van der Waals surface area (Å²) in [5.41, 5.74) is 5.36. The van der Waals surface area contributed by atoms with E-state index in [1.165, 1.54) is 167 Å². The lowest BCUT2D eigenvalue weighted by Crippen LogP contribution is -2.29. The monoisotopic (exact) mass is 830 g/mol. The molecule has 0 rings (SSSR count). The minimum absolute atomic E-state index is 0.0557. The first kappa shape index (κ1) is 55.8. The third-order valence-electron chi connectivity index (χ3n) is 10.7. The van der Waals surface area contributed by atoms with Crippen LogP contribution in [-0.4, -0.2) is 49.3 Å². The maximum absolute atomic E-state index is 12.6. The van der Waals surface area contributed by atoms with Crippen LogP contribution >= 0.6 is 7.82 Å². The maximum Gasteiger partial charge on any atom is 0.472 e. The summed E-state index contributed by atoms with van der Waals surface area (Å²) in [4.78, 5) is 35.0. The Kier molecular flexibility index (Phi) is 43.3. The molecule has 3 N–H and O–H groups in total. The van der Waals surface area contributed by atoms with Crippen LogP contribution in [0.5, 0.6) is 0 Å². The molecule has 0 radical (unpaired) electrons. The number of esters is 2. The first-order valence-corrected chi connectivity index (χ1v) is 25.7. The van der Waals surface area contributed by atoms with Gasteiger partial charge in [0, 0.05) is 19.4 Å². The summed E-state index contributed by atoms with van der Waals surface area (Å²) in [6, 6.07) is 0. The van der Waals surface area contributed by atoms with Gasteiger partial charge < -0.3 is 20.1 Å². The summed E-state index contributed by atoms with van der Waals surface area (Å²) in [7, 11) is -4.38. The number of allylic oxidation sites excluding steroid dienone is 2. The topological polar surface area (TPSA) is 134 Å². The van der Waals surface area contributed by atoms with Crippen LogP contribution in [0, 0.1) is 0 Å². The van der Waals surface area contributed by atoms with Crippen LogP contribution in [0.4, 0.5) is 0 Å². The van der Waals surface area contributed by atoms with E-state index >= 15 is 0 Å². The highest BCUT2D eigenvalue weighted by Gasteiger charge is 2.26. The van der Waals surface area contributed by atoms with Crippen molar-refractivity contribution in [2.45, 2.75) is 251 Å². The molecule has 1 unspecified atom stereocenters. The number of ether oxygens (including phenoxy) is 2. The second-order valence-electron chi connectivity index (χ2n) is 16.3. The standard InChI is InChI=1S/C47H92NO8P/c1-3-5-7-9-11-13-15-17-19-21-22-24-26-28-30-32-34-36-38-40-47(50)56-45(44-55-57(51,52)54-42-41-48)43-53-46(49)39-37-35-33-31-29-27-25-23-20-18-16-14-12-10-8-6-4-2/h21-22,45H,3-20,23-44,48H2,1-2H3,(H,51,52)/b22-21-/t45-/m1/s1. The number of carbonyl (C=O) groups excluding carboxylic acids is 2.